The molecule has 26 heavy (non-hydrogen) atoms. The van der Waals surface area contributed by atoms with E-state index < -0.39 is 6.36 Å². The van der Waals surface area contributed by atoms with Crippen LogP contribution in [0.2, 0.25) is 0 Å². The van der Waals surface area contributed by atoms with E-state index in [9.17, 15) is 13.2 Å². The Labute approximate surface area is 149 Å². The molecule has 1 aromatic carbocycles. The molecule has 3 rings (SSSR count). The van der Waals surface area contributed by atoms with Crippen molar-refractivity contribution in [3.8, 4) is 11.5 Å². The maximum Gasteiger partial charge on any atom is 0.573 e. The van der Waals surface area contributed by atoms with Gasteiger partial charge in [-0.15, -0.1) is 13.2 Å². The van der Waals surface area contributed by atoms with Crippen molar-refractivity contribution < 1.29 is 27.2 Å². The fourth-order valence-corrected chi connectivity index (χ4v) is 3.05. The monoisotopic (exact) mass is 370 g/mol. The smallest absolute Gasteiger partial charge is 0.490 e. The Morgan fingerprint density at radius 3 is 2.27 bits per heavy atom. The summed E-state index contributed by atoms with van der Waals surface area (Å²) in [6, 6.07) is 5.51. The van der Waals surface area contributed by atoms with Gasteiger partial charge in [0.2, 0.25) is 0 Å². The number of nitrogens with zero attached hydrogens (tertiary/aromatic N) is 2. The maximum atomic E-state index is 12.2. The van der Waals surface area contributed by atoms with Gasteiger partial charge in [-0.05, 0) is 51.0 Å². The van der Waals surface area contributed by atoms with Crippen molar-refractivity contribution in [2.24, 2.45) is 0 Å². The van der Waals surface area contributed by atoms with Gasteiger partial charge in [-0.25, -0.2) is 0 Å². The van der Waals surface area contributed by atoms with E-state index in [0.717, 1.165) is 49.5 Å². The number of hydrogen-bond donors (Lipinski definition) is 0. The lowest BCUT2D eigenvalue weighted by atomic mass is 10.1. The molecule has 8 heteroatoms. The first kappa shape index (κ1) is 18.6. The SMILES string of the molecule is Cc1noc(C)c1CN1CCC(Oc2ccc(OC(F)(F)F)cc2)CC1. The molecule has 1 aliphatic rings. The number of aromatic nitrogens is 1. The van der Waals surface area contributed by atoms with E-state index in [4.69, 9.17) is 9.26 Å². The van der Waals surface area contributed by atoms with Gasteiger partial charge in [-0.1, -0.05) is 5.16 Å². The Bertz CT molecular complexity index is 701. The maximum absolute atomic E-state index is 12.2. The molecule has 5 nitrogen and oxygen atoms in total. The van der Waals surface area contributed by atoms with Crippen molar-refractivity contribution in [3.05, 3.63) is 41.3 Å². The third-order valence-corrected chi connectivity index (χ3v) is 4.46. The molecule has 0 unspecified atom stereocenters. The van der Waals surface area contributed by atoms with Crippen LogP contribution < -0.4 is 9.47 Å². The van der Waals surface area contributed by atoms with Crippen molar-refractivity contribution in [3.63, 3.8) is 0 Å². The van der Waals surface area contributed by atoms with Gasteiger partial charge < -0.3 is 14.0 Å². The van der Waals surface area contributed by atoms with Crippen LogP contribution in [0.1, 0.15) is 29.9 Å². The summed E-state index contributed by atoms with van der Waals surface area (Å²) in [5.41, 5.74) is 2.05. The van der Waals surface area contributed by atoms with E-state index in [-0.39, 0.29) is 11.9 Å². The Morgan fingerprint density at radius 2 is 1.73 bits per heavy atom. The molecule has 1 aliphatic heterocycles. The number of aryl methyl sites for hydroxylation is 2. The largest absolute Gasteiger partial charge is 0.573 e. The number of piperidine rings is 1. The van der Waals surface area contributed by atoms with Gasteiger partial charge in [-0.2, -0.15) is 0 Å². The van der Waals surface area contributed by atoms with E-state index in [1.54, 1.807) is 0 Å². The van der Waals surface area contributed by atoms with Crippen molar-refractivity contribution in [2.45, 2.75) is 45.7 Å². The molecule has 2 aromatic rings. The lowest BCUT2D eigenvalue weighted by molar-refractivity contribution is -0.274. The molecular formula is C18H21F3N2O3. The molecule has 0 saturated carbocycles. The van der Waals surface area contributed by atoms with E-state index in [2.05, 4.69) is 14.8 Å². The molecule has 0 spiro atoms. The average molecular weight is 370 g/mol. The summed E-state index contributed by atoms with van der Waals surface area (Å²) in [4.78, 5) is 2.33. The van der Waals surface area contributed by atoms with Crippen LogP contribution in [0.3, 0.4) is 0 Å². The number of ether oxygens (including phenoxy) is 2. The quantitative estimate of drug-likeness (QED) is 0.788. The van der Waals surface area contributed by atoms with Crippen LogP contribution in [0.15, 0.2) is 28.8 Å². The highest BCUT2D eigenvalue weighted by atomic mass is 19.4. The lowest BCUT2D eigenvalue weighted by Gasteiger charge is -2.32. The first-order valence-electron chi connectivity index (χ1n) is 8.47. The molecule has 142 valence electrons. The first-order chi connectivity index (χ1) is 12.3. The number of likely N-dealkylation sites (tertiary alicyclic amines) is 1. The van der Waals surface area contributed by atoms with Gasteiger partial charge in [0.05, 0.1) is 5.69 Å². The number of hydrogen-bond acceptors (Lipinski definition) is 5. The van der Waals surface area contributed by atoms with E-state index in [1.165, 1.54) is 24.3 Å². The minimum Gasteiger partial charge on any atom is -0.490 e. The zero-order chi connectivity index (χ0) is 18.7. The second-order valence-electron chi connectivity index (χ2n) is 6.42. The summed E-state index contributed by atoms with van der Waals surface area (Å²) in [7, 11) is 0. The highest BCUT2D eigenvalue weighted by Gasteiger charge is 2.31. The summed E-state index contributed by atoms with van der Waals surface area (Å²) in [6.45, 7) is 6.41. The fraction of sp³-hybridized carbons (Fsp3) is 0.500. The summed E-state index contributed by atoms with van der Waals surface area (Å²) >= 11 is 0. The highest BCUT2D eigenvalue weighted by molar-refractivity contribution is 5.31. The summed E-state index contributed by atoms with van der Waals surface area (Å²) in [5.74, 6) is 1.14. The second-order valence-corrected chi connectivity index (χ2v) is 6.42. The molecule has 0 radical (unpaired) electrons. The molecule has 0 amide bonds. The normalized spacial score (nSPS) is 16.7. The third-order valence-electron chi connectivity index (χ3n) is 4.46. The second kappa shape index (κ2) is 7.57. The minimum atomic E-state index is -4.68. The van der Waals surface area contributed by atoms with E-state index in [1.807, 2.05) is 13.8 Å². The van der Waals surface area contributed by atoms with Crippen molar-refractivity contribution in [2.75, 3.05) is 13.1 Å². The summed E-state index contributed by atoms with van der Waals surface area (Å²) in [5, 5.41) is 3.97. The van der Waals surface area contributed by atoms with Gasteiger partial charge in [-0.3, -0.25) is 4.90 Å². The molecular weight excluding hydrogens is 349 g/mol. The van der Waals surface area contributed by atoms with Crippen LogP contribution in [0.4, 0.5) is 13.2 Å². The van der Waals surface area contributed by atoms with Gasteiger partial charge in [0, 0.05) is 25.2 Å². The van der Waals surface area contributed by atoms with E-state index in [0.29, 0.717) is 5.75 Å². The number of alkyl halides is 3. The van der Waals surface area contributed by atoms with Gasteiger partial charge in [0.15, 0.2) is 0 Å². The summed E-state index contributed by atoms with van der Waals surface area (Å²) < 4.78 is 51.4. The Kier molecular flexibility index (Phi) is 5.41. The zero-order valence-corrected chi connectivity index (χ0v) is 14.7. The van der Waals surface area contributed by atoms with Gasteiger partial charge >= 0.3 is 6.36 Å². The lowest BCUT2D eigenvalue weighted by Crippen LogP contribution is -2.38. The zero-order valence-electron chi connectivity index (χ0n) is 14.7. The molecule has 0 atom stereocenters. The third kappa shape index (κ3) is 4.91. The van der Waals surface area contributed by atoms with Crippen molar-refractivity contribution >= 4 is 0 Å². The summed E-state index contributed by atoms with van der Waals surface area (Å²) in [6.07, 6.45) is -2.93. The Balaban J connectivity index is 1.48. The molecule has 2 heterocycles. The standard InChI is InChI=1S/C18H21F3N2O3/c1-12-17(13(2)26-22-12)11-23-9-7-15(8-10-23)24-14-3-5-16(6-4-14)25-18(19,20)21/h3-6,15H,7-11H2,1-2H3. The van der Waals surface area contributed by atoms with Crippen LogP contribution >= 0.6 is 0 Å². The van der Waals surface area contributed by atoms with Gasteiger partial charge in [0.1, 0.15) is 23.4 Å². The van der Waals surface area contributed by atoms with Crippen LogP contribution in [-0.2, 0) is 6.54 Å². The average Bonchev–Trinajstić information content (AvgIpc) is 2.89. The molecule has 0 aliphatic carbocycles. The van der Waals surface area contributed by atoms with Crippen LogP contribution in [-0.4, -0.2) is 35.6 Å². The predicted octanol–water partition coefficient (Wildman–Crippen LogP) is 4.23. The molecule has 0 bridgehead atoms. The Hall–Kier alpha value is -2.22. The molecule has 1 aromatic heterocycles. The Morgan fingerprint density at radius 1 is 1.12 bits per heavy atom. The van der Waals surface area contributed by atoms with Crippen LogP contribution in [0.5, 0.6) is 11.5 Å². The molecule has 0 N–H and O–H groups in total. The van der Waals surface area contributed by atoms with Crippen LogP contribution in [0, 0.1) is 13.8 Å². The minimum absolute atomic E-state index is 0.0466. The van der Waals surface area contributed by atoms with Crippen molar-refractivity contribution in [1.82, 2.24) is 10.1 Å². The van der Waals surface area contributed by atoms with Crippen molar-refractivity contribution in [1.29, 1.82) is 0 Å². The highest BCUT2D eigenvalue weighted by Crippen LogP contribution is 2.26. The van der Waals surface area contributed by atoms with E-state index >= 15 is 0 Å². The number of rotatable bonds is 5. The topological polar surface area (TPSA) is 47.7 Å². The number of halogens is 3. The fourth-order valence-electron chi connectivity index (χ4n) is 3.05. The van der Waals surface area contributed by atoms with Crippen LogP contribution in [0.25, 0.3) is 0 Å². The molecule has 1 saturated heterocycles. The number of benzene rings is 1. The predicted molar refractivity (Wildman–Crippen MR) is 88.0 cm³/mol. The first-order valence-corrected chi connectivity index (χ1v) is 8.47. The molecule has 1 fully saturated rings. The van der Waals surface area contributed by atoms with Gasteiger partial charge in [0.25, 0.3) is 0 Å².